The molecule has 0 radical (unpaired) electrons. The summed E-state index contributed by atoms with van der Waals surface area (Å²) in [7, 11) is 0. The van der Waals surface area contributed by atoms with E-state index in [0.717, 1.165) is 23.8 Å². The second-order valence-electron chi connectivity index (χ2n) is 9.30. The van der Waals surface area contributed by atoms with Crippen LogP contribution in [0.25, 0.3) is 11.1 Å². The Balaban J connectivity index is 1.23. The second-order valence-corrected chi connectivity index (χ2v) is 9.30. The number of halogens is 2. The van der Waals surface area contributed by atoms with Crippen molar-refractivity contribution in [3.05, 3.63) is 95.6 Å². The molecule has 0 bridgehead atoms. The second kappa shape index (κ2) is 10.2. The Labute approximate surface area is 185 Å². The van der Waals surface area contributed by atoms with Gasteiger partial charge in [0, 0.05) is 0 Å². The van der Waals surface area contributed by atoms with Crippen LogP contribution in [0.3, 0.4) is 0 Å². The van der Waals surface area contributed by atoms with Crippen molar-refractivity contribution in [2.75, 3.05) is 0 Å². The summed E-state index contributed by atoms with van der Waals surface area (Å²) in [6.07, 6.45) is 9.05. The lowest BCUT2D eigenvalue weighted by Crippen LogP contribution is -2.16. The Bertz CT molecular complexity index is 954. The third-order valence-electron chi connectivity index (χ3n) is 7.07. The molecule has 2 heteroatoms. The van der Waals surface area contributed by atoms with Gasteiger partial charge in [0.2, 0.25) is 0 Å². The predicted molar refractivity (Wildman–Crippen MR) is 125 cm³/mol. The first-order valence-electron chi connectivity index (χ1n) is 11.7. The third kappa shape index (κ3) is 5.81. The van der Waals surface area contributed by atoms with E-state index in [4.69, 9.17) is 0 Å². The molecule has 0 aliphatic heterocycles. The number of benzene rings is 3. The summed E-state index contributed by atoms with van der Waals surface area (Å²) in [6, 6.07) is 23.3. The molecule has 0 saturated heterocycles. The molecular formula is C29H32F2. The normalized spacial score (nSPS) is 19.8. The minimum Gasteiger partial charge on any atom is -0.204 e. The molecule has 31 heavy (non-hydrogen) atoms. The summed E-state index contributed by atoms with van der Waals surface area (Å²) in [5, 5.41) is 0. The van der Waals surface area contributed by atoms with E-state index in [1.54, 1.807) is 6.07 Å². The van der Waals surface area contributed by atoms with Crippen LogP contribution >= 0.6 is 0 Å². The molecule has 1 aliphatic carbocycles. The van der Waals surface area contributed by atoms with Crippen molar-refractivity contribution in [3.63, 3.8) is 0 Å². The molecule has 1 fully saturated rings. The lowest BCUT2D eigenvalue weighted by molar-refractivity contribution is 0.245. The van der Waals surface area contributed by atoms with Crippen molar-refractivity contribution in [1.82, 2.24) is 0 Å². The minimum atomic E-state index is -0.801. The van der Waals surface area contributed by atoms with Crippen molar-refractivity contribution in [3.8, 4) is 11.1 Å². The van der Waals surface area contributed by atoms with E-state index in [0.29, 0.717) is 11.5 Å². The number of rotatable bonds is 7. The molecule has 1 atom stereocenters. The van der Waals surface area contributed by atoms with E-state index in [1.807, 2.05) is 12.1 Å². The molecule has 0 nitrogen and oxygen atoms in total. The topological polar surface area (TPSA) is 0 Å². The average Bonchev–Trinajstić information content (AvgIpc) is 2.81. The Kier molecular flexibility index (Phi) is 7.17. The average molecular weight is 419 g/mol. The predicted octanol–water partition coefficient (Wildman–Crippen LogP) is 8.56. The number of aryl methyl sites for hydroxylation is 1. The molecule has 0 amide bonds. The molecule has 4 rings (SSSR count). The molecule has 1 unspecified atom stereocenters. The molecule has 3 aromatic rings. The van der Waals surface area contributed by atoms with Gasteiger partial charge in [0.1, 0.15) is 0 Å². The van der Waals surface area contributed by atoms with Gasteiger partial charge >= 0.3 is 0 Å². The highest BCUT2D eigenvalue weighted by molar-refractivity contribution is 5.63. The van der Waals surface area contributed by atoms with Crippen molar-refractivity contribution in [2.24, 2.45) is 11.8 Å². The van der Waals surface area contributed by atoms with Crippen molar-refractivity contribution < 1.29 is 8.78 Å². The summed E-state index contributed by atoms with van der Waals surface area (Å²) in [5.74, 6) is 0.742. The highest BCUT2D eigenvalue weighted by atomic mass is 19.2. The smallest absolute Gasteiger partial charge is 0.159 e. The summed E-state index contributed by atoms with van der Waals surface area (Å²) in [5.41, 5.74) is 4.44. The largest absolute Gasteiger partial charge is 0.204 e. The maximum atomic E-state index is 13.5. The van der Waals surface area contributed by atoms with Crippen LogP contribution < -0.4 is 0 Å². The van der Waals surface area contributed by atoms with Gasteiger partial charge in [-0.05, 0) is 71.4 Å². The fourth-order valence-electron chi connectivity index (χ4n) is 5.08. The lowest BCUT2D eigenvalue weighted by Gasteiger charge is -2.30. The van der Waals surface area contributed by atoms with Gasteiger partial charge in [0.15, 0.2) is 11.6 Å². The summed E-state index contributed by atoms with van der Waals surface area (Å²) in [4.78, 5) is 0. The molecule has 0 aromatic heterocycles. The summed E-state index contributed by atoms with van der Waals surface area (Å²) in [6.45, 7) is 2.37. The third-order valence-corrected chi connectivity index (χ3v) is 7.07. The SMILES string of the molecule is CC(CC1CCC(CCc2ccc(-c3ccc(F)c(F)c3)cc2)CC1)c1ccccc1. The van der Waals surface area contributed by atoms with Crippen molar-refractivity contribution in [2.45, 2.75) is 57.8 Å². The van der Waals surface area contributed by atoms with Gasteiger partial charge in [-0.3, -0.25) is 0 Å². The molecule has 0 N–H and O–H groups in total. The van der Waals surface area contributed by atoms with E-state index in [2.05, 4.69) is 49.4 Å². The molecular weight excluding hydrogens is 386 g/mol. The maximum absolute atomic E-state index is 13.5. The Morgan fingerprint density at radius 2 is 1.39 bits per heavy atom. The zero-order chi connectivity index (χ0) is 21.6. The van der Waals surface area contributed by atoms with Gasteiger partial charge in [0.25, 0.3) is 0 Å². The summed E-state index contributed by atoms with van der Waals surface area (Å²) >= 11 is 0. The first-order valence-corrected chi connectivity index (χ1v) is 11.7. The van der Waals surface area contributed by atoms with Crippen LogP contribution in [0.1, 0.15) is 62.5 Å². The van der Waals surface area contributed by atoms with Crippen LogP contribution in [0.2, 0.25) is 0 Å². The van der Waals surface area contributed by atoms with E-state index < -0.39 is 11.6 Å². The molecule has 1 aliphatic rings. The molecule has 0 spiro atoms. The van der Waals surface area contributed by atoms with Gasteiger partial charge in [-0.25, -0.2) is 8.78 Å². The zero-order valence-corrected chi connectivity index (χ0v) is 18.4. The fourth-order valence-corrected chi connectivity index (χ4v) is 5.08. The molecule has 1 saturated carbocycles. The van der Waals surface area contributed by atoms with Crippen LogP contribution in [0.15, 0.2) is 72.8 Å². The zero-order valence-electron chi connectivity index (χ0n) is 18.4. The van der Waals surface area contributed by atoms with Crippen LogP contribution in [0.5, 0.6) is 0 Å². The first kappa shape index (κ1) is 21.7. The maximum Gasteiger partial charge on any atom is 0.159 e. The van der Waals surface area contributed by atoms with Gasteiger partial charge in [-0.2, -0.15) is 0 Å². The van der Waals surface area contributed by atoms with E-state index >= 15 is 0 Å². The van der Waals surface area contributed by atoms with Crippen LogP contribution in [0, 0.1) is 23.5 Å². The van der Waals surface area contributed by atoms with Gasteiger partial charge in [0.05, 0.1) is 0 Å². The van der Waals surface area contributed by atoms with Crippen LogP contribution in [0.4, 0.5) is 8.78 Å². The minimum absolute atomic E-state index is 0.649. The molecule has 3 aromatic carbocycles. The van der Waals surface area contributed by atoms with E-state index in [-0.39, 0.29) is 0 Å². The number of hydrogen-bond donors (Lipinski definition) is 0. The first-order chi connectivity index (χ1) is 15.1. The van der Waals surface area contributed by atoms with Gasteiger partial charge in [-0.15, -0.1) is 0 Å². The highest BCUT2D eigenvalue weighted by Gasteiger charge is 2.23. The standard InChI is InChI=1S/C29H32F2/c1-21(25-5-3-2-4-6-25)19-24-11-9-22(10-12-24)7-8-23-13-15-26(16-14-23)27-17-18-28(30)29(31)20-27/h2-6,13-18,20-22,24H,7-12,19H2,1H3. The number of hydrogen-bond acceptors (Lipinski definition) is 0. The van der Waals surface area contributed by atoms with E-state index in [9.17, 15) is 8.78 Å². The van der Waals surface area contributed by atoms with Crippen LogP contribution in [-0.2, 0) is 6.42 Å². The highest BCUT2D eigenvalue weighted by Crippen LogP contribution is 2.37. The van der Waals surface area contributed by atoms with E-state index in [1.165, 1.54) is 61.8 Å². The Morgan fingerprint density at radius 3 is 2.06 bits per heavy atom. The molecule has 0 heterocycles. The van der Waals surface area contributed by atoms with Gasteiger partial charge < -0.3 is 0 Å². The molecule has 162 valence electrons. The Hall–Kier alpha value is -2.48. The van der Waals surface area contributed by atoms with Crippen LogP contribution in [-0.4, -0.2) is 0 Å². The van der Waals surface area contributed by atoms with Crippen molar-refractivity contribution in [1.29, 1.82) is 0 Å². The van der Waals surface area contributed by atoms with Gasteiger partial charge in [-0.1, -0.05) is 93.3 Å². The lowest BCUT2D eigenvalue weighted by atomic mass is 9.75. The van der Waals surface area contributed by atoms with Crippen molar-refractivity contribution >= 4 is 0 Å². The fraction of sp³-hybridized carbons (Fsp3) is 0.379. The summed E-state index contributed by atoms with van der Waals surface area (Å²) < 4.78 is 26.6. The quantitative estimate of drug-likeness (QED) is 0.360. The monoisotopic (exact) mass is 418 g/mol. The Morgan fingerprint density at radius 1 is 0.742 bits per heavy atom.